The van der Waals surface area contributed by atoms with Crippen LogP contribution in [0.1, 0.15) is 46.5 Å². The molecule has 1 aromatic heterocycles. The highest BCUT2D eigenvalue weighted by atomic mass is 32.2. The summed E-state index contributed by atoms with van der Waals surface area (Å²) < 4.78 is 33.9. The van der Waals surface area contributed by atoms with Crippen molar-refractivity contribution in [3.8, 4) is 0 Å². The van der Waals surface area contributed by atoms with Gasteiger partial charge in [0.15, 0.2) is 5.58 Å². The monoisotopic (exact) mass is 423 g/mol. The van der Waals surface area contributed by atoms with Crippen LogP contribution in [0.3, 0.4) is 0 Å². The van der Waals surface area contributed by atoms with E-state index in [0.29, 0.717) is 37.9 Å². The zero-order chi connectivity index (χ0) is 21.4. The first-order chi connectivity index (χ1) is 13.5. The van der Waals surface area contributed by atoms with Gasteiger partial charge in [-0.15, -0.1) is 0 Å². The Morgan fingerprint density at radius 3 is 2.55 bits per heavy atom. The van der Waals surface area contributed by atoms with E-state index in [9.17, 15) is 18.0 Å². The first kappa shape index (κ1) is 21.6. The SMILES string of the molecule is CCC(C)(C)NC(=O)CC1CCN(S(=O)(=O)c2ccc3c(c2)oc(=O)n3C)CC1. The van der Waals surface area contributed by atoms with Gasteiger partial charge in [-0.25, -0.2) is 13.2 Å². The lowest BCUT2D eigenvalue weighted by Crippen LogP contribution is -2.44. The number of carbonyl (C=O) groups excluding carboxylic acids is 1. The summed E-state index contributed by atoms with van der Waals surface area (Å²) in [6.45, 7) is 6.75. The van der Waals surface area contributed by atoms with Gasteiger partial charge in [0.25, 0.3) is 0 Å². The van der Waals surface area contributed by atoms with E-state index in [1.807, 2.05) is 20.8 Å². The summed E-state index contributed by atoms with van der Waals surface area (Å²) in [5.41, 5.74) is 0.573. The number of sulfonamides is 1. The second-order valence-corrected chi connectivity index (χ2v) is 10.3. The number of hydrogen-bond donors (Lipinski definition) is 1. The average molecular weight is 424 g/mol. The molecule has 160 valence electrons. The zero-order valence-electron chi connectivity index (χ0n) is 17.4. The summed E-state index contributed by atoms with van der Waals surface area (Å²) in [5.74, 6) is -0.341. The van der Waals surface area contributed by atoms with Crippen molar-refractivity contribution in [3.63, 3.8) is 0 Å². The van der Waals surface area contributed by atoms with Crippen LogP contribution in [0.15, 0.2) is 32.3 Å². The first-order valence-electron chi connectivity index (χ1n) is 9.94. The van der Waals surface area contributed by atoms with Crippen LogP contribution >= 0.6 is 0 Å². The number of carbonyl (C=O) groups is 1. The molecule has 0 spiro atoms. The molecule has 1 amide bonds. The molecule has 0 saturated carbocycles. The van der Waals surface area contributed by atoms with Crippen molar-refractivity contribution in [1.29, 1.82) is 0 Å². The number of nitrogens with one attached hydrogen (secondary N) is 1. The molecule has 0 bridgehead atoms. The van der Waals surface area contributed by atoms with Crippen LogP contribution < -0.4 is 11.1 Å². The number of rotatable bonds is 6. The van der Waals surface area contributed by atoms with E-state index in [0.717, 1.165) is 6.42 Å². The highest BCUT2D eigenvalue weighted by Crippen LogP contribution is 2.27. The van der Waals surface area contributed by atoms with Crippen molar-refractivity contribution in [2.24, 2.45) is 13.0 Å². The van der Waals surface area contributed by atoms with Crippen molar-refractivity contribution in [2.45, 2.75) is 56.9 Å². The van der Waals surface area contributed by atoms with E-state index in [1.54, 1.807) is 13.1 Å². The van der Waals surface area contributed by atoms with Crippen LogP contribution in [0.4, 0.5) is 0 Å². The van der Waals surface area contributed by atoms with Gasteiger partial charge in [0.1, 0.15) is 0 Å². The molecule has 1 saturated heterocycles. The third-order valence-corrected chi connectivity index (χ3v) is 7.71. The maximum absolute atomic E-state index is 13.0. The molecule has 9 heteroatoms. The normalized spacial score (nSPS) is 17.0. The second kappa shape index (κ2) is 7.95. The molecule has 2 heterocycles. The van der Waals surface area contributed by atoms with Gasteiger partial charge in [0, 0.05) is 38.2 Å². The van der Waals surface area contributed by atoms with Crippen LogP contribution in [0.2, 0.25) is 0 Å². The van der Waals surface area contributed by atoms with Gasteiger partial charge in [0.05, 0.1) is 10.4 Å². The third kappa shape index (κ3) is 4.56. The van der Waals surface area contributed by atoms with Crippen LogP contribution in [-0.4, -0.2) is 41.8 Å². The van der Waals surface area contributed by atoms with Crippen molar-refractivity contribution in [2.75, 3.05) is 13.1 Å². The summed E-state index contributed by atoms with van der Waals surface area (Å²) >= 11 is 0. The lowest BCUT2D eigenvalue weighted by Gasteiger charge is -2.32. The number of hydrogen-bond acceptors (Lipinski definition) is 5. The van der Waals surface area contributed by atoms with Crippen LogP contribution in [-0.2, 0) is 21.9 Å². The predicted octanol–water partition coefficient (Wildman–Crippen LogP) is 2.23. The highest BCUT2D eigenvalue weighted by Gasteiger charge is 2.31. The molecule has 1 aliphatic rings. The minimum Gasteiger partial charge on any atom is -0.408 e. The Hall–Kier alpha value is -2.13. The lowest BCUT2D eigenvalue weighted by molar-refractivity contribution is -0.123. The van der Waals surface area contributed by atoms with Gasteiger partial charge in [-0.3, -0.25) is 9.36 Å². The van der Waals surface area contributed by atoms with E-state index in [4.69, 9.17) is 4.42 Å². The maximum atomic E-state index is 13.0. The molecule has 0 atom stereocenters. The molecule has 29 heavy (non-hydrogen) atoms. The van der Waals surface area contributed by atoms with E-state index in [-0.39, 0.29) is 27.8 Å². The molecule has 1 N–H and O–H groups in total. The number of oxazole rings is 1. The summed E-state index contributed by atoms with van der Waals surface area (Å²) in [6, 6.07) is 4.48. The number of aromatic nitrogens is 1. The standard InChI is InChI=1S/C20H29N3O5S/c1-5-20(2,3)21-18(24)12-14-8-10-23(11-9-14)29(26,27)15-6-7-16-17(13-15)28-19(25)22(16)4/h6-7,13-14H,5,8-12H2,1-4H3,(H,21,24). The number of aryl methyl sites for hydroxylation is 1. The summed E-state index contributed by atoms with van der Waals surface area (Å²) in [6.07, 6.45) is 2.55. The number of nitrogens with zero attached hydrogens (tertiary/aromatic N) is 2. The Kier molecular flexibility index (Phi) is 5.91. The van der Waals surface area contributed by atoms with E-state index >= 15 is 0 Å². The van der Waals surface area contributed by atoms with E-state index in [2.05, 4.69) is 5.32 Å². The molecule has 1 aromatic carbocycles. The quantitative estimate of drug-likeness (QED) is 0.768. The third-order valence-electron chi connectivity index (χ3n) is 5.81. The Balaban J connectivity index is 1.65. The summed E-state index contributed by atoms with van der Waals surface area (Å²) in [5, 5.41) is 3.04. The number of fused-ring (bicyclic) bond motifs is 1. The number of piperidine rings is 1. The number of benzene rings is 1. The van der Waals surface area contributed by atoms with Gasteiger partial charge in [-0.05, 0) is 51.2 Å². The number of amides is 1. The fraction of sp³-hybridized carbons (Fsp3) is 0.600. The topological polar surface area (TPSA) is 102 Å². The Morgan fingerprint density at radius 2 is 1.93 bits per heavy atom. The highest BCUT2D eigenvalue weighted by molar-refractivity contribution is 7.89. The van der Waals surface area contributed by atoms with Crippen LogP contribution in [0, 0.1) is 5.92 Å². The Morgan fingerprint density at radius 1 is 1.28 bits per heavy atom. The molecule has 8 nitrogen and oxygen atoms in total. The molecule has 3 rings (SSSR count). The van der Waals surface area contributed by atoms with Crippen LogP contribution in [0.25, 0.3) is 11.1 Å². The lowest BCUT2D eigenvalue weighted by atomic mass is 9.93. The minimum absolute atomic E-state index is 0.0164. The molecular formula is C20H29N3O5S. The molecular weight excluding hydrogens is 394 g/mol. The molecule has 0 aliphatic carbocycles. The smallest absolute Gasteiger partial charge is 0.408 e. The Labute approximate surface area is 170 Å². The van der Waals surface area contributed by atoms with Crippen molar-refractivity contribution < 1.29 is 17.6 Å². The Bertz CT molecular complexity index is 1060. The summed E-state index contributed by atoms with van der Waals surface area (Å²) in [7, 11) is -2.11. The zero-order valence-corrected chi connectivity index (χ0v) is 18.2. The van der Waals surface area contributed by atoms with Crippen molar-refractivity contribution in [3.05, 3.63) is 28.7 Å². The summed E-state index contributed by atoms with van der Waals surface area (Å²) in [4.78, 5) is 24.0. The van der Waals surface area contributed by atoms with Crippen molar-refractivity contribution >= 4 is 27.0 Å². The van der Waals surface area contributed by atoms with Crippen LogP contribution in [0.5, 0.6) is 0 Å². The minimum atomic E-state index is -3.68. The predicted molar refractivity (Wildman–Crippen MR) is 110 cm³/mol. The molecule has 0 radical (unpaired) electrons. The second-order valence-electron chi connectivity index (χ2n) is 8.39. The van der Waals surface area contributed by atoms with Crippen molar-refractivity contribution in [1.82, 2.24) is 14.2 Å². The fourth-order valence-corrected chi connectivity index (χ4v) is 5.04. The maximum Gasteiger partial charge on any atom is 0.419 e. The van der Waals surface area contributed by atoms with Gasteiger partial charge < -0.3 is 9.73 Å². The molecule has 2 aromatic rings. The van der Waals surface area contributed by atoms with E-state index in [1.165, 1.54) is 21.0 Å². The fourth-order valence-electron chi connectivity index (χ4n) is 3.56. The molecule has 1 aliphatic heterocycles. The first-order valence-corrected chi connectivity index (χ1v) is 11.4. The van der Waals surface area contributed by atoms with Gasteiger partial charge in [-0.2, -0.15) is 4.31 Å². The van der Waals surface area contributed by atoms with Gasteiger partial charge in [0.2, 0.25) is 15.9 Å². The average Bonchev–Trinajstić information content (AvgIpc) is 2.95. The van der Waals surface area contributed by atoms with Gasteiger partial charge in [-0.1, -0.05) is 6.92 Å². The molecule has 0 unspecified atom stereocenters. The molecule has 1 fully saturated rings. The van der Waals surface area contributed by atoms with Gasteiger partial charge >= 0.3 is 5.76 Å². The van der Waals surface area contributed by atoms with E-state index < -0.39 is 15.8 Å². The largest absolute Gasteiger partial charge is 0.419 e.